The van der Waals surface area contributed by atoms with Crippen LogP contribution >= 0.6 is 11.6 Å². The van der Waals surface area contributed by atoms with E-state index in [-0.39, 0.29) is 28.6 Å². The fourth-order valence-electron chi connectivity index (χ4n) is 2.03. The molecule has 1 fully saturated rings. The molecule has 2 rings (SSSR count). The molecule has 0 spiro atoms. The third-order valence-electron chi connectivity index (χ3n) is 2.85. The molecule has 17 heavy (non-hydrogen) atoms. The number of nitrogens with two attached hydrogens (primary N) is 1. The first kappa shape index (κ1) is 12.1. The van der Waals surface area contributed by atoms with Gasteiger partial charge in [0, 0.05) is 6.04 Å². The molecular formula is C11H13ClN2O3. The van der Waals surface area contributed by atoms with Gasteiger partial charge in [0.15, 0.2) is 5.75 Å². The number of para-hydroxylation sites is 1. The van der Waals surface area contributed by atoms with Gasteiger partial charge in [-0.1, -0.05) is 17.7 Å². The van der Waals surface area contributed by atoms with Crippen molar-refractivity contribution >= 4 is 17.3 Å². The van der Waals surface area contributed by atoms with Crippen LogP contribution < -0.4 is 10.5 Å². The summed E-state index contributed by atoms with van der Waals surface area (Å²) in [6.45, 7) is 0. The summed E-state index contributed by atoms with van der Waals surface area (Å²) in [7, 11) is 0. The third-order valence-corrected chi connectivity index (χ3v) is 3.16. The molecule has 1 aromatic carbocycles. The molecule has 92 valence electrons. The molecule has 0 aliphatic heterocycles. The quantitative estimate of drug-likeness (QED) is 0.666. The minimum Gasteiger partial charge on any atom is -0.483 e. The number of nitro benzene ring substituents is 1. The second kappa shape index (κ2) is 4.89. The molecule has 0 bridgehead atoms. The Labute approximate surface area is 104 Å². The second-order valence-electron chi connectivity index (χ2n) is 4.16. The Balaban J connectivity index is 2.20. The molecule has 0 radical (unpaired) electrons. The van der Waals surface area contributed by atoms with Crippen molar-refractivity contribution < 1.29 is 9.66 Å². The van der Waals surface area contributed by atoms with Gasteiger partial charge in [-0.05, 0) is 31.4 Å². The summed E-state index contributed by atoms with van der Waals surface area (Å²) >= 11 is 5.79. The van der Waals surface area contributed by atoms with Crippen LogP contribution in [0.3, 0.4) is 0 Å². The SMILES string of the molecule is NC1CCC(Oc2cccc(Cl)c2[N+](=O)[O-])C1. The van der Waals surface area contributed by atoms with Crippen molar-refractivity contribution in [2.24, 2.45) is 5.73 Å². The molecule has 1 saturated carbocycles. The molecule has 0 amide bonds. The van der Waals surface area contributed by atoms with Gasteiger partial charge in [0.25, 0.3) is 0 Å². The van der Waals surface area contributed by atoms with E-state index in [1.54, 1.807) is 12.1 Å². The highest BCUT2D eigenvalue weighted by Crippen LogP contribution is 2.36. The van der Waals surface area contributed by atoms with Gasteiger partial charge in [0.2, 0.25) is 0 Å². The lowest BCUT2D eigenvalue weighted by Crippen LogP contribution is -2.19. The number of nitrogens with zero attached hydrogens (tertiary/aromatic N) is 1. The van der Waals surface area contributed by atoms with Crippen molar-refractivity contribution in [3.05, 3.63) is 33.3 Å². The maximum Gasteiger partial charge on any atom is 0.329 e. The van der Waals surface area contributed by atoms with Crippen LogP contribution in [-0.4, -0.2) is 17.1 Å². The van der Waals surface area contributed by atoms with Crippen molar-refractivity contribution in [2.45, 2.75) is 31.4 Å². The number of ether oxygens (including phenoxy) is 1. The third kappa shape index (κ3) is 2.68. The van der Waals surface area contributed by atoms with Crippen molar-refractivity contribution in [3.63, 3.8) is 0 Å². The standard InChI is InChI=1S/C11H13ClN2O3/c12-9-2-1-3-10(11(9)14(15)16)17-8-5-4-7(13)6-8/h1-3,7-8H,4-6,13H2. The van der Waals surface area contributed by atoms with Gasteiger partial charge in [0.05, 0.1) is 4.92 Å². The first-order chi connectivity index (χ1) is 8.08. The Kier molecular flexibility index (Phi) is 3.49. The van der Waals surface area contributed by atoms with Gasteiger partial charge in [-0.15, -0.1) is 0 Å². The van der Waals surface area contributed by atoms with Crippen LogP contribution in [0.4, 0.5) is 5.69 Å². The number of benzene rings is 1. The lowest BCUT2D eigenvalue weighted by atomic mass is 10.2. The van der Waals surface area contributed by atoms with Crippen LogP contribution in [0.15, 0.2) is 18.2 Å². The Morgan fingerprint density at radius 3 is 2.82 bits per heavy atom. The normalized spacial score (nSPS) is 23.6. The van der Waals surface area contributed by atoms with Gasteiger partial charge in [-0.25, -0.2) is 0 Å². The number of hydrogen-bond acceptors (Lipinski definition) is 4. The lowest BCUT2D eigenvalue weighted by Gasteiger charge is -2.13. The van der Waals surface area contributed by atoms with Gasteiger partial charge < -0.3 is 10.5 Å². The van der Waals surface area contributed by atoms with Crippen molar-refractivity contribution in [1.82, 2.24) is 0 Å². The zero-order valence-corrected chi connectivity index (χ0v) is 9.89. The molecule has 5 nitrogen and oxygen atoms in total. The smallest absolute Gasteiger partial charge is 0.329 e. The Morgan fingerprint density at radius 2 is 2.24 bits per heavy atom. The fraction of sp³-hybridized carbons (Fsp3) is 0.455. The van der Waals surface area contributed by atoms with Crippen LogP contribution in [0.25, 0.3) is 0 Å². The Morgan fingerprint density at radius 1 is 1.47 bits per heavy atom. The summed E-state index contributed by atoms with van der Waals surface area (Å²) in [5.41, 5.74) is 5.59. The predicted octanol–water partition coefficient (Wildman–Crippen LogP) is 2.51. The molecular weight excluding hydrogens is 244 g/mol. The van der Waals surface area contributed by atoms with Crippen molar-refractivity contribution in [1.29, 1.82) is 0 Å². The summed E-state index contributed by atoms with van der Waals surface area (Å²) in [4.78, 5) is 10.4. The lowest BCUT2D eigenvalue weighted by molar-refractivity contribution is -0.385. The summed E-state index contributed by atoms with van der Waals surface area (Å²) in [6.07, 6.45) is 2.38. The molecule has 6 heteroatoms. The number of nitro groups is 1. The summed E-state index contributed by atoms with van der Waals surface area (Å²) in [6, 6.07) is 4.80. The van der Waals surface area contributed by atoms with E-state index in [9.17, 15) is 10.1 Å². The van der Waals surface area contributed by atoms with Crippen LogP contribution in [-0.2, 0) is 0 Å². The van der Waals surface area contributed by atoms with E-state index in [0.29, 0.717) is 0 Å². The average Bonchev–Trinajstić information content (AvgIpc) is 2.63. The zero-order chi connectivity index (χ0) is 12.4. The van der Waals surface area contributed by atoms with E-state index in [2.05, 4.69) is 0 Å². The Hall–Kier alpha value is -1.33. The molecule has 0 heterocycles. The van der Waals surface area contributed by atoms with Crippen LogP contribution in [0.1, 0.15) is 19.3 Å². The van der Waals surface area contributed by atoms with Crippen LogP contribution in [0, 0.1) is 10.1 Å². The largest absolute Gasteiger partial charge is 0.483 e. The van der Waals surface area contributed by atoms with Gasteiger partial charge >= 0.3 is 5.69 Å². The fourth-order valence-corrected chi connectivity index (χ4v) is 2.26. The first-order valence-corrected chi connectivity index (χ1v) is 5.81. The molecule has 0 aromatic heterocycles. The number of rotatable bonds is 3. The average molecular weight is 257 g/mol. The monoisotopic (exact) mass is 256 g/mol. The number of hydrogen-bond donors (Lipinski definition) is 1. The molecule has 0 saturated heterocycles. The van der Waals surface area contributed by atoms with Gasteiger partial charge in [-0.2, -0.15) is 0 Å². The van der Waals surface area contributed by atoms with E-state index in [0.717, 1.165) is 19.3 Å². The van der Waals surface area contributed by atoms with Crippen LogP contribution in [0.2, 0.25) is 5.02 Å². The second-order valence-corrected chi connectivity index (χ2v) is 4.56. The maximum absolute atomic E-state index is 10.9. The molecule has 2 unspecified atom stereocenters. The summed E-state index contributed by atoms with van der Waals surface area (Å²) < 4.78 is 5.61. The Bertz CT molecular complexity index is 439. The summed E-state index contributed by atoms with van der Waals surface area (Å²) in [5, 5.41) is 11.0. The van der Waals surface area contributed by atoms with E-state index in [4.69, 9.17) is 22.1 Å². The molecule has 1 aliphatic carbocycles. The minimum absolute atomic E-state index is 0.0535. The molecule has 1 aliphatic rings. The zero-order valence-electron chi connectivity index (χ0n) is 9.14. The van der Waals surface area contributed by atoms with E-state index in [1.807, 2.05) is 0 Å². The highest BCUT2D eigenvalue weighted by molar-refractivity contribution is 6.32. The molecule has 1 aromatic rings. The van der Waals surface area contributed by atoms with Crippen molar-refractivity contribution in [2.75, 3.05) is 0 Å². The van der Waals surface area contributed by atoms with Gasteiger partial charge in [0.1, 0.15) is 11.1 Å². The highest BCUT2D eigenvalue weighted by Gasteiger charge is 2.27. The van der Waals surface area contributed by atoms with E-state index >= 15 is 0 Å². The van der Waals surface area contributed by atoms with E-state index in [1.165, 1.54) is 6.07 Å². The summed E-state index contributed by atoms with van der Waals surface area (Å²) in [5.74, 6) is 0.224. The minimum atomic E-state index is -0.521. The highest BCUT2D eigenvalue weighted by atomic mass is 35.5. The molecule has 2 atom stereocenters. The molecule has 2 N–H and O–H groups in total. The maximum atomic E-state index is 10.9. The van der Waals surface area contributed by atoms with Crippen LogP contribution in [0.5, 0.6) is 5.75 Å². The topological polar surface area (TPSA) is 78.4 Å². The first-order valence-electron chi connectivity index (χ1n) is 5.43. The number of halogens is 1. The van der Waals surface area contributed by atoms with Gasteiger partial charge in [-0.3, -0.25) is 10.1 Å². The van der Waals surface area contributed by atoms with E-state index < -0.39 is 4.92 Å². The predicted molar refractivity (Wildman–Crippen MR) is 64.3 cm³/mol. The van der Waals surface area contributed by atoms with Crippen molar-refractivity contribution in [3.8, 4) is 5.75 Å².